The Hall–Kier alpha value is -2.37. The fraction of sp³-hybridized carbons (Fsp3) is 0.231. The van der Waals surface area contributed by atoms with Gasteiger partial charge in [0.2, 0.25) is 0 Å². The van der Waals surface area contributed by atoms with Crippen molar-refractivity contribution in [1.29, 1.82) is 0 Å². The van der Waals surface area contributed by atoms with Crippen molar-refractivity contribution in [2.75, 3.05) is 5.73 Å². The Labute approximate surface area is 109 Å². The van der Waals surface area contributed by atoms with E-state index in [0.717, 1.165) is 23.5 Å². The lowest BCUT2D eigenvalue weighted by Crippen LogP contribution is -2.08. The van der Waals surface area contributed by atoms with Gasteiger partial charge in [-0.25, -0.2) is 9.18 Å². The van der Waals surface area contributed by atoms with E-state index >= 15 is 0 Å². The van der Waals surface area contributed by atoms with Gasteiger partial charge in [0.15, 0.2) is 0 Å². The quantitative estimate of drug-likeness (QED) is 0.677. The molecule has 0 bridgehead atoms. The molecule has 1 aromatic heterocycles. The van der Waals surface area contributed by atoms with Gasteiger partial charge in [-0.2, -0.15) is 5.10 Å². The van der Waals surface area contributed by atoms with Crippen LogP contribution in [0.1, 0.15) is 21.7 Å². The summed E-state index contributed by atoms with van der Waals surface area (Å²) in [6.07, 6.45) is 0. The first kappa shape index (κ1) is 13.1. The largest absolute Gasteiger partial charge is 0.456 e. The number of carbonyl (C=O) groups excluding carboxylic acids is 1. The number of hydrogen-bond donors (Lipinski definition) is 1. The normalized spacial score (nSPS) is 10.5. The summed E-state index contributed by atoms with van der Waals surface area (Å²) in [5, 5.41) is 4.14. The number of nitrogens with zero attached hydrogens (tertiary/aromatic N) is 2. The maximum atomic E-state index is 13.1. The Morgan fingerprint density at radius 2 is 2.16 bits per heavy atom. The molecule has 0 spiro atoms. The summed E-state index contributed by atoms with van der Waals surface area (Å²) in [5.74, 6) is -1.19. The van der Waals surface area contributed by atoms with Crippen molar-refractivity contribution >= 4 is 11.7 Å². The van der Waals surface area contributed by atoms with Crippen LogP contribution in [-0.4, -0.2) is 15.7 Å². The number of benzene rings is 1. The Kier molecular flexibility index (Phi) is 3.50. The van der Waals surface area contributed by atoms with Crippen LogP contribution in [0.15, 0.2) is 24.3 Å². The second-order valence-corrected chi connectivity index (χ2v) is 4.25. The fourth-order valence-electron chi connectivity index (χ4n) is 1.75. The minimum atomic E-state index is -0.620. The molecular formula is C13H14FN3O2. The molecule has 0 amide bonds. The summed E-state index contributed by atoms with van der Waals surface area (Å²) in [6, 6.07) is 5.42. The van der Waals surface area contributed by atoms with Crippen LogP contribution < -0.4 is 5.73 Å². The van der Waals surface area contributed by atoms with Crippen molar-refractivity contribution in [2.24, 2.45) is 7.05 Å². The number of aryl methyl sites for hydroxylation is 2. The fourth-order valence-corrected chi connectivity index (χ4v) is 1.75. The molecule has 100 valence electrons. The minimum absolute atomic E-state index is 0.0760. The molecule has 0 saturated heterocycles. The van der Waals surface area contributed by atoms with Crippen LogP contribution >= 0.6 is 0 Å². The molecule has 0 fully saturated rings. The number of halogens is 1. The number of carbonyl (C=O) groups is 1. The predicted molar refractivity (Wildman–Crippen MR) is 67.9 cm³/mol. The van der Waals surface area contributed by atoms with Gasteiger partial charge in [-0.15, -0.1) is 0 Å². The first-order valence-electron chi connectivity index (χ1n) is 5.68. The van der Waals surface area contributed by atoms with E-state index in [4.69, 9.17) is 10.5 Å². The first-order chi connectivity index (χ1) is 8.95. The molecule has 0 aliphatic carbocycles. The van der Waals surface area contributed by atoms with E-state index in [9.17, 15) is 9.18 Å². The molecule has 1 aromatic carbocycles. The number of nitrogen functional groups attached to an aromatic ring is 1. The number of ether oxygens (including phenoxy) is 1. The number of anilines is 1. The average Bonchev–Trinajstić information content (AvgIpc) is 2.63. The van der Waals surface area contributed by atoms with E-state index in [0.29, 0.717) is 0 Å². The molecule has 0 radical (unpaired) electrons. The highest BCUT2D eigenvalue weighted by atomic mass is 19.1. The molecule has 2 aromatic rings. The lowest BCUT2D eigenvalue weighted by atomic mass is 10.2. The van der Waals surface area contributed by atoms with Crippen LogP contribution in [0.2, 0.25) is 0 Å². The predicted octanol–water partition coefficient (Wildman–Crippen LogP) is 1.81. The van der Waals surface area contributed by atoms with Crippen molar-refractivity contribution in [3.05, 3.63) is 47.0 Å². The number of nitrogens with two attached hydrogens (primary N) is 1. The van der Waals surface area contributed by atoms with Crippen molar-refractivity contribution in [1.82, 2.24) is 9.78 Å². The molecule has 0 unspecified atom stereocenters. The summed E-state index contributed by atoms with van der Waals surface area (Å²) < 4.78 is 19.8. The van der Waals surface area contributed by atoms with Crippen LogP contribution in [-0.2, 0) is 18.4 Å². The summed E-state index contributed by atoms with van der Waals surface area (Å²) in [4.78, 5) is 11.8. The molecule has 1 heterocycles. The number of esters is 1. The van der Waals surface area contributed by atoms with Crippen molar-refractivity contribution < 1.29 is 13.9 Å². The third-order valence-corrected chi connectivity index (χ3v) is 2.61. The summed E-state index contributed by atoms with van der Waals surface area (Å²) in [7, 11) is 1.76. The molecule has 6 heteroatoms. The molecule has 0 atom stereocenters. The highest BCUT2D eigenvalue weighted by molar-refractivity contribution is 5.90. The SMILES string of the molecule is Cc1cc(COC(=O)c2cc(N)cc(F)c2)n(C)n1. The minimum Gasteiger partial charge on any atom is -0.456 e. The van der Waals surface area contributed by atoms with Gasteiger partial charge < -0.3 is 10.5 Å². The summed E-state index contributed by atoms with van der Waals surface area (Å²) in [5.41, 5.74) is 7.34. The Bertz CT molecular complexity index is 602. The van der Waals surface area contributed by atoms with Gasteiger partial charge in [-0.3, -0.25) is 4.68 Å². The Balaban J connectivity index is 2.07. The highest BCUT2D eigenvalue weighted by Gasteiger charge is 2.11. The van der Waals surface area contributed by atoms with Gasteiger partial charge >= 0.3 is 5.97 Å². The molecule has 0 saturated carbocycles. The van der Waals surface area contributed by atoms with Gasteiger partial charge in [0.25, 0.3) is 0 Å². The average molecular weight is 263 g/mol. The second-order valence-electron chi connectivity index (χ2n) is 4.25. The maximum absolute atomic E-state index is 13.1. The standard InChI is InChI=1S/C13H14FN3O2/c1-8-3-12(17(2)16-8)7-19-13(18)9-4-10(14)6-11(15)5-9/h3-6H,7,15H2,1-2H3. The van der Waals surface area contributed by atoms with Crippen LogP contribution in [0.25, 0.3) is 0 Å². The van der Waals surface area contributed by atoms with E-state index < -0.39 is 11.8 Å². The maximum Gasteiger partial charge on any atom is 0.338 e. The number of aromatic nitrogens is 2. The topological polar surface area (TPSA) is 70.1 Å². The lowest BCUT2D eigenvalue weighted by molar-refractivity contribution is 0.0463. The van der Waals surface area contributed by atoms with Gasteiger partial charge in [-0.1, -0.05) is 0 Å². The van der Waals surface area contributed by atoms with Gasteiger partial charge in [0, 0.05) is 12.7 Å². The van der Waals surface area contributed by atoms with E-state index in [1.165, 1.54) is 6.07 Å². The second kappa shape index (κ2) is 5.09. The third kappa shape index (κ3) is 3.09. The first-order valence-corrected chi connectivity index (χ1v) is 5.68. The molecule has 2 N–H and O–H groups in total. The molecule has 19 heavy (non-hydrogen) atoms. The zero-order chi connectivity index (χ0) is 14.0. The van der Waals surface area contributed by atoms with Gasteiger partial charge in [0.05, 0.1) is 17.0 Å². The van der Waals surface area contributed by atoms with Crippen molar-refractivity contribution in [3.63, 3.8) is 0 Å². The molecular weight excluding hydrogens is 249 g/mol. The smallest absolute Gasteiger partial charge is 0.338 e. The van der Waals surface area contributed by atoms with Crippen LogP contribution in [0.3, 0.4) is 0 Å². The van der Waals surface area contributed by atoms with Crippen molar-refractivity contribution in [2.45, 2.75) is 13.5 Å². The molecule has 0 aliphatic rings. The van der Waals surface area contributed by atoms with Gasteiger partial charge in [-0.05, 0) is 31.2 Å². The third-order valence-electron chi connectivity index (χ3n) is 2.61. The lowest BCUT2D eigenvalue weighted by Gasteiger charge is -2.06. The summed E-state index contributed by atoms with van der Waals surface area (Å²) >= 11 is 0. The number of hydrogen-bond acceptors (Lipinski definition) is 4. The highest BCUT2D eigenvalue weighted by Crippen LogP contribution is 2.13. The van der Waals surface area contributed by atoms with E-state index in [2.05, 4.69) is 5.10 Å². The van der Waals surface area contributed by atoms with E-state index in [1.807, 2.05) is 13.0 Å². The molecule has 2 rings (SSSR count). The number of rotatable bonds is 3. The Morgan fingerprint density at radius 1 is 1.42 bits per heavy atom. The molecule has 0 aliphatic heterocycles. The van der Waals surface area contributed by atoms with Crippen molar-refractivity contribution in [3.8, 4) is 0 Å². The Morgan fingerprint density at radius 3 is 2.74 bits per heavy atom. The monoisotopic (exact) mass is 263 g/mol. The van der Waals surface area contributed by atoms with Crippen LogP contribution in [0.4, 0.5) is 10.1 Å². The summed E-state index contributed by atoms with van der Waals surface area (Å²) in [6.45, 7) is 1.92. The van der Waals surface area contributed by atoms with E-state index in [-0.39, 0.29) is 17.9 Å². The zero-order valence-electron chi connectivity index (χ0n) is 10.7. The van der Waals surface area contributed by atoms with E-state index in [1.54, 1.807) is 11.7 Å². The van der Waals surface area contributed by atoms with Crippen LogP contribution in [0, 0.1) is 12.7 Å². The molecule has 5 nitrogen and oxygen atoms in total. The van der Waals surface area contributed by atoms with Gasteiger partial charge in [0.1, 0.15) is 12.4 Å². The zero-order valence-corrected chi connectivity index (χ0v) is 10.7. The van der Waals surface area contributed by atoms with Crippen LogP contribution in [0.5, 0.6) is 0 Å².